The third-order valence-corrected chi connectivity index (χ3v) is 2.88. The molecule has 0 saturated heterocycles. The highest BCUT2D eigenvalue weighted by Gasteiger charge is 1.99. The predicted octanol–water partition coefficient (Wildman–Crippen LogP) is 3.35. The summed E-state index contributed by atoms with van der Waals surface area (Å²) < 4.78 is 2.07. The van der Waals surface area contributed by atoms with Crippen LogP contribution in [0.5, 0.6) is 0 Å². The quantitative estimate of drug-likeness (QED) is 0.667. The van der Waals surface area contributed by atoms with Crippen LogP contribution in [0.1, 0.15) is 58.6 Å². The van der Waals surface area contributed by atoms with Gasteiger partial charge in [0.1, 0.15) is 0 Å². The van der Waals surface area contributed by atoms with Gasteiger partial charge in [0, 0.05) is 25.3 Å². The Hall–Kier alpha value is -0.830. The second kappa shape index (κ2) is 8.29. The van der Waals surface area contributed by atoms with Crippen molar-refractivity contribution in [3.63, 3.8) is 0 Å². The van der Waals surface area contributed by atoms with Crippen LogP contribution in [0.25, 0.3) is 0 Å². The van der Waals surface area contributed by atoms with Crippen molar-refractivity contribution in [3.8, 4) is 0 Å². The highest BCUT2D eigenvalue weighted by molar-refractivity contribution is 4.98. The van der Waals surface area contributed by atoms with E-state index >= 15 is 0 Å². The molecule has 0 aliphatic heterocycles. The molecule has 1 heterocycles. The van der Waals surface area contributed by atoms with Gasteiger partial charge in [-0.2, -0.15) is 5.10 Å². The van der Waals surface area contributed by atoms with Gasteiger partial charge in [0.15, 0.2) is 0 Å². The molecule has 0 aliphatic rings. The molecule has 0 aromatic carbocycles. The Balaban J connectivity index is 2.17. The SMILES string of the molecule is CCCCCCCn1ccc(CNC(C)C)n1. The largest absolute Gasteiger partial charge is 0.309 e. The Bertz CT molecular complexity index is 291. The van der Waals surface area contributed by atoms with Crippen molar-refractivity contribution in [2.24, 2.45) is 0 Å². The number of unbranched alkanes of at least 4 members (excludes halogenated alkanes) is 4. The van der Waals surface area contributed by atoms with Crippen molar-refractivity contribution in [1.29, 1.82) is 0 Å². The molecule has 0 bridgehead atoms. The lowest BCUT2D eigenvalue weighted by Crippen LogP contribution is -2.22. The van der Waals surface area contributed by atoms with Crippen LogP contribution < -0.4 is 5.32 Å². The van der Waals surface area contributed by atoms with Crippen molar-refractivity contribution in [3.05, 3.63) is 18.0 Å². The third kappa shape index (κ3) is 6.47. The smallest absolute Gasteiger partial charge is 0.0762 e. The van der Waals surface area contributed by atoms with Crippen molar-refractivity contribution in [2.75, 3.05) is 0 Å². The van der Waals surface area contributed by atoms with Gasteiger partial charge in [0.2, 0.25) is 0 Å². The molecule has 0 atom stereocenters. The van der Waals surface area contributed by atoms with E-state index in [9.17, 15) is 0 Å². The third-order valence-electron chi connectivity index (χ3n) is 2.88. The number of hydrogen-bond acceptors (Lipinski definition) is 2. The zero-order valence-electron chi connectivity index (χ0n) is 11.6. The second-order valence-corrected chi connectivity index (χ2v) is 5.02. The molecular weight excluding hydrogens is 210 g/mol. The fourth-order valence-corrected chi connectivity index (χ4v) is 1.81. The fraction of sp³-hybridized carbons (Fsp3) is 0.786. The minimum Gasteiger partial charge on any atom is -0.309 e. The summed E-state index contributed by atoms with van der Waals surface area (Å²) in [5.74, 6) is 0. The van der Waals surface area contributed by atoms with Crippen LogP contribution in [0.4, 0.5) is 0 Å². The lowest BCUT2D eigenvalue weighted by molar-refractivity contribution is 0.520. The molecule has 0 unspecified atom stereocenters. The van der Waals surface area contributed by atoms with Crippen molar-refractivity contribution in [1.82, 2.24) is 15.1 Å². The lowest BCUT2D eigenvalue weighted by atomic mass is 10.1. The molecule has 1 aromatic rings. The highest BCUT2D eigenvalue weighted by atomic mass is 15.3. The fourth-order valence-electron chi connectivity index (χ4n) is 1.81. The van der Waals surface area contributed by atoms with E-state index in [4.69, 9.17) is 0 Å². The summed E-state index contributed by atoms with van der Waals surface area (Å²) in [5.41, 5.74) is 1.15. The number of rotatable bonds is 9. The van der Waals surface area contributed by atoms with Crippen LogP contribution in [0.2, 0.25) is 0 Å². The maximum atomic E-state index is 4.55. The second-order valence-electron chi connectivity index (χ2n) is 5.02. The van der Waals surface area contributed by atoms with Crippen molar-refractivity contribution in [2.45, 2.75) is 72.0 Å². The normalized spacial score (nSPS) is 11.3. The summed E-state index contributed by atoms with van der Waals surface area (Å²) in [7, 11) is 0. The number of hydrogen-bond donors (Lipinski definition) is 1. The van der Waals surface area contributed by atoms with Gasteiger partial charge in [0.05, 0.1) is 5.69 Å². The molecule has 0 aliphatic carbocycles. The molecule has 0 fully saturated rings. The number of nitrogens with one attached hydrogen (secondary N) is 1. The minimum atomic E-state index is 0.522. The Morgan fingerprint density at radius 1 is 1.24 bits per heavy atom. The van der Waals surface area contributed by atoms with Gasteiger partial charge in [-0.3, -0.25) is 4.68 Å². The Labute approximate surface area is 106 Å². The maximum Gasteiger partial charge on any atom is 0.0762 e. The van der Waals surface area contributed by atoms with Crippen LogP contribution in [-0.4, -0.2) is 15.8 Å². The van der Waals surface area contributed by atoms with E-state index in [0.717, 1.165) is 18.8 Å². The van der Waals surface area contributed by atoms with E-state index in [0.29, 0.717) is 6.04 Å². The molecule has 98 valence electrons. The standard InChI is InChI=1S/C14H27N3/c1-4-5-6-7-8-10-17-11-9-14(16-17)12-15-13(2)3/h9,11,13,15H,4-8,10,12H2,1-3H3. The zero-order chi connectivity index (χ0) is 12.5. The van der Waals surface area contributed by atoms with Gasteiger partial charge in [0.25, 0.3) is 0 Å². The van der Waals surface area contributed by atoms with Crippen LogP contribution in [-0.2, 0) is 13.1 Å². The Morgan fingerprint density at radius 3 is 2.71 bits per heavy atom. The summed E-state index contributed by atoms with van der Waals surface area (Å²) in [6, 6.07) is 2.63. The van der Waals surface area contributed by atoms with Gasteiger partial charge < -0.3 is 5.32 Å². The molecule has 1 N–H and O–H groups in total. The van der Waals surface area contributed by atoms with E-state index in [1.165, 1.54) is 32.1 Å². The average Bonchev–Trinajstić information content (AvgIpc) is 2.74. The summed E-state index contributed by atoms with van der Waals surface area (Å²) in [4.78, 5) is 0. The Kier molecular flexibility index (Phi) is 6.94. The minimum absolute atomic E-state index is 0.522. The van der Waals surface area contributed by atoms with Crippen LogP contribution in [0.15, 0.2) is 12.3 Å². The first kappa shape index (κ1) is 14.2. The van der Waals surface area contributed by atoms with Gasteiger partial charge >= 0.3 is 0 Å². The van der Waals surface area contributed by atoms with Gasteiger partial charge in [-0.25, -0.2) is 0 Å². The highest BCUT2D eigenvalue weighted by Crippen LogP contribution is 2.04. The van der Waals surface area contributed by atoms with Crippen molar-refractivity contribution < 1.29 is 0 Å². The van der Waals surface area contributed by atoms with E-state index in [2.05, 4.69) is 48.1 Å². The summed E-state index contributed by atoms with van der Waals surface area (Å²) in [5, 5.41) is 7.94. The van der Waals surface area contributed by atoms with Crippen molar-refractivity contribution >= 4 is 0 Å². The lowest BCUT2D eigenvalue weighted by Gasteiger charge is -2.05. The molecule has 17 heavy (non-hydrogen) atoms. The zero-order valence-corrected chi connectivity index (χ0v) is 11.6. The number of aryl methyl sites for hydroxylation is 1. The molecule has 0 radical (unpaired) electrons. The Morgan fingerprint density at radius 2 is 2.00 bits per heavy atom. The molecule has 1 aromatic heterocycles. The monoisotopic (exact) mass is 237 g/mol. The molecule has 0 saturated carbocycles. The molecule has 0 spiro atoms. The van der Waals surface area contributed by atoms with E-state index < -0.39 is 0 Å². The van der Waals surface area contributed by atoms with Gasteiger partial charge in [-0.05, 0) is 12.5 Å². The van der Waals surface area contributed by atoms with E-state index in [1.54, 1.807) is 0 Å². The summed E-state index contributed by atoms with van der Waals surface area (Å²) in [6.45, 7) is 8.50. The summed E-state index contributed by atoms with van der Waals surface area (Å²) >= 11 is 0. The first-order valence-corrected chi connectivity index (χ1v) is 6.98. The first-order chi connectivity index (χ1) is 8.22. The van der Waals surface area contributed by atoms with E-state index in [-0.39, 0.29) is 0 Å². The van der Waals surface area contributed by atoms with Crippen LogP contribution in [0, 0.1) is 0 Å². The molecular formula is C14H27N3. The average molecular weight is 237 g/mol. The molecule has 0 amide bonds. The first-order valence-electron chi connectivity index (χ1n) is 6.98. The molecule has 3 nitrogen and oxygen atoms in total. The maximum absolute atomic E-state index is 4.55. The van der Waals surface area contributed by atoms with Gasteiger partial charge in [-0.15, -0.1) is 0 Å². The predicted molar refractivity (Wildman–Crippen MR) is 73.0 cm³/mol. The van der Waals surface area contributed by atoms with Crippen LogP contribution >= 0.6 is 0 Å². The van der Waals surface area contributed by atoms with Crippen LogP contribution in [0.3, 0.4) is 0 Å². The molecule has 1 rings (SSSR count). The van der Waals surface area contributed by atoms with E-state index in [1.807, 2.05) is 0 Å². The number of aromatic nitrogens is 2. The number of nitrogens with zero attached hydrogens (tertiary/aromatic N) is 2. The van der Waals surface area contributed by atoms with Gasteiger partial charge in [-0.1, -0.05) is 46.5 Å². The topological polar surface area (TPSA) is 29.9 Å². The molecule has 3 heteroatoms. The summed E-state index contributed by atoms with van der Waals surface area (Å²) in [6.07, 6.45) is 8.71.